The number of ketones is 1. The van der Waals surface area contributed by atoms with Crippen molar-refractivity contribution in [3.63, 3.8) is 0 Å². The standard InChI is InChI=1S/C15H18ClN3OS/c1-15(2)7-10(6-11(20)8-15)18-12-4-3-9(16)5-13(12)19-14(17)21/h3-6,18H,7-8H2,1-2H3,(H3,17,19,21). The maximum atomic E-state index is 11.8. The lowest BCUT2D eigenvalue weighted by Gasteiger charge is -2.29. The lowest BCUT2D eigenvalue weighted by atomic mass is 9.79. The monoisotopic (exact) mass is 323 g/mol. The van der Waals surface area contributed by atoms with Gasteiger partial charge in [-0.2, -0.15) is 0 Å². The zero-order valence-electron chi connectivity index (χ0n) is 12.0. The van der Waals surface area contributed by atoms with Crippen LogP contribution in [0.3, 0.4) is 0 Å². The van der Waals surface area contributed by atoms with E-state index in [-0.39, 0.29) is 16.3 Å². The molecule has 0 bridgehead atoms. The summed E-state index contributed by atoms with van der Waals surface area (Å²) >= 11 is 10.9. The summed E-state index contributed by atoms with van der Waals surface area (Å²) in [5, 5.41) is 6.90. The first-order valence-corrected chi connectivity index (χ1v) is 7.40. The molecule has 1 aromatic carbocycles. The number of nitrogens with two attached hydrogens (primary N) is 1. The molecule has 4 N–H and O–H groups in total. The average molecular weight is 324 g/mol. The number of nitrogens with one attached hydrogen (secondary N) is 2. The number of halogens is 1. The van der Waals surface area contributed by atoms with Crippen LogP contribution >= 0.6 is 23.8 Å². The van der Waals surface area contributed by atoms with Gasteiger partial charge in [-0.1, -0.05) is 25.4 Å². The van der Waals surface area contributed by atoms with Crippen LogP contribution in [0.15, 0.2) is 30.0 Å². The van der Waals surface area contributed by atoms with Gasteiger partial charge in [0.05, 0.1) is 11.4 Å². The molecule has 0 atom stereocenters. The zero-order chi connectivity index (χ0) is 15.6. The lowest BCUT2D eigenvalue weighted by molar-refractivity contribution is -0.117. The van der Waals surface area contributed by atoms with E-state index < -0.39 is 0 Å². The summed E-state index contributed by atoms with van der Waals surface area (Å²) in [6.45, 7) is 4.16. The minimum atomic E-state index is -0.0443. The molecule has 0 saturated heterocycles. The van der Waals surface area contributed by atoms with Crippen LogP contribution in [0, 0.1) is 5.41 Å². The van der Waals surface area contributed by atoms with Crippen LogP contribution in [-0.4, -0.2) is 10.9 Å². The first kappa shape index (κ1) is 15.8. The highest BCUT2D eigenvalue weighted by Crippen LogP contribution is 2.35. The van der Waals surface area contributed by atoms with Crippen molar-refractivity contribution >= 4 is 46.1 Å². The second-order valence-electron chi connectivity index (χ2n) is 5.96. The molecule has 0 saturated carbocycles. The largest absolute Gasteiger partial charge is 0.376 e. The zero-order valence-corrected chi connectivity index (χ0v) is 13.6. The number of carbonyl (C=O) groups is 1. The van der Waals surface area contributed by atoms with Crippen molar-refractivity contribution in [2.75, 3.05) is 10.6 Å². The third kappa shape index (κ3) is 4.44. The quantitative estimate of drug-likeness (QED) is 0.740. The van der Waals surface area contributed by atoms with Crippen molar-refractivity contribution < 1.29 is 4.79 Å². The maximum Gasteiger partial charge on any atom is 0.168 e. The van der Waals surface area contributed by atoms with Gasteiger partial charge in [-0.05, 0) is 42.3 Å². The number of hydrogen-bond acceptors (Lipinski definition) is 3. The predicted molar refractivity (Wildman–Crippen MR) is 91.6 cm³/mol. The van der Waals surface area contributed by atoms with Crippen molar-refractivity contribution in [3.8, 4) is 0 Å². The van der Waals surface area contributed by atoms with E-state index in [0.29, 0.717) is 17.1 Å². The van der Waals surface area contributed by atoms with Gasteiger partial charge in [0, 0.05) is 23.2 Å². The number of hydrogen-bond donors (Lipinski definition) is 3. The molecule has 21 heavy (non-hydrogen) atoms. The molecule has 0 fully saturated rings. The van der Waals surface area contributed by atoms with E-state index in [1.54, 1.807) is 18.2 Å². The van der Waals surface area contributed by atoms with Gasteiger partial charge in [0.1, 0.15) is 0 Å². The minimum Gasteiger partial charge on any atom is -0.376 e. The maximum absolute atomic E-state index is 11.8. The molecule has 6 heteroatoms. The highest BCUT2D eigenvalue weighted by Gasteiger charge is 2.27. The van der Waals surface area contributed by atoms with Gasteiger partial charge < -0.3 is 16.4 Å². The predicted octanol–water partition coefficient (Wildman–Crippen LogP) is 3.68. The van der Waals surface area contributed by atoms with Crippen molar-refractivity contribution in [2.24, 2.45) is 11.1 Å². The van der Waals surface area contributed by atoms with Gasteiger partial charge in [0.2, 0.25) is 0 Å². The fourth-order valence-electron chi connectivity index (χ4n) is 2.46. The van der Waals surface area contributed by atoms with Crippen LogP contribution in [0.25, 0.3) is 0 Å². The van der Waals surface area contributed by atoms with Crippen LogP contribution in [0.1, 0.15) is 26.7 Å². The summed E-state index contributed by atoms with van der Waals surface area (Å²) in [6.07, 6.45) is 3.02. The highest BCUT2D eigenvalue weighted by atomic mass is 35.5. The van der Waals surface area contributed by atoms with Crippen molar-refractivity contribution in [1.29, 1.82) is 0 Å². The Kier molecular flexibility index (Phi) is 4.54. The Hall–Kier alpha value is -1.59. The van der Waals surface area contributed by atoms with Crippen LogP contribution in [0.5, 0.6) is 0 Å². The Morgan fingerprint density at radius 3 is 2.67 bits per heavy atom. The van der Waals surface area contributed by atoms with E-state index in [1.807, 2.05) is 6.07 Å². The van der Waals surface area contributed by atoms with Crippen LogP contribution in [-0.2, 0) is 4.79 Å². The van der Waals surface area contributed by atoms with Crippen molar-refractivity contribution in [1.82, 2.24) is 0 Å². The molecule has 0 spiro atoms. The van der Waals surface area contributed by atoms with E-state index >= 15 is 0 Å². The molecule has 0 aliphatic heterocycles. The number of carbonyl (C=O) groups excluding carboxylic acids is 1. The smallest absolute Gasteiger partial charge is 0.168 e. The lowest BCUT2D eigenvalue weighted by Crippen LogP contribution is -2.25. The molecule has 1 aliphatic rings. The molecule has 1 aliphatic carbocycles. The summed E-state index contributed by atoms with van der Waals surface area (Å²) in [5.74, 6) is 0.131. The van der Waals surface area contributed by atoms with E-state index in [9.17, 15) is 4.79 Å². The molecular formula is C15H18ClN3OS. The molecule has 4 nitrogen and oxygen atoms in total. The number of anilines is 2. The van der Waals surface area contributed by atoms with Gasteiger partial charge >= 0.3 is 0 Å². The van der Waals surface area contributed by atoms with Crippen molar-refractivity contribution in [2.45, 2.75) is 26.7 Å². The fourth-order valence-corrected chi connectivity index (χ4v) is 2.74. The Bertz CT molecular complexity index is 625. The van der Waals surface area contributed by atoms with Gasteiger partial charge in [0.25, 0.3) is 0 Å². The molecular weight excluding hydrogens is 306 g/mol. The number of allylic oxidation sites excluding steroid dienone is 2. The Labute approximate surface area is 134 Å². The normalized spacial score (nSPS) is 17.1. The third-order valence-electron chi connectivity index (χ3n) is 3.19. The summed E-state index contributed by atoms with van der Waals surface area (Å²) in [7, 11) is 0. The fraction of sp³-hybridized carbons (Fsp3) is 0.333. The number of thiocarbonyl (C=S) groups is 1. The highest BCUT2D eigenvalue weighted by molar-refractivity contribution is 7.80. The van der Waals surface area contributed by atoms with Gasteiger partial charge in [-0.15, -0.1) is 0 Å². The Balaban J connectivity index is 2.27. The molecule has 0 radical (unpaired) electrons. The van der Waals surface area contributed by atoms with E-state index in [0.717, 1.165) is 17.8 Å². The van der Waals surface area contributed by atoms with Crippen LogP contribution in [0.4, 0.5) is 11.4 Å². The second-order valence-corrected chi connectivity index (χ2v) is 6.83. The minimum absolute atomic E-state index is 0.0443. The summed E-state index contributed by atoms with van der Waals surface area (Å²) in [6, 6.07) is 5.33. The summed E-state index contributed by atoms with van der Waals surface area (Å²) in [5.41, 5.74) is 7.83. The first-order chi connectivity index (χ1) is 9.75. The third-order valence-corrected chi connectivity index (χ3v) is 3.53. The van der Waals surface area contributed by atoms with Crippen molar-refractivity contribution in [3.05, 3.63) is 35.0 Å². The van der Waals surface area contributed by atoms with E-state index in [1.165, 1.54) is 0 Å². The summed E-state index contributed by atoms with van der Waals surface area (Å²) in [4.78, 5) is 11.8. The SMILES string of the molecule is CC1(C)CC(=O)C=C(Nc2ccc(Cl)cc2NC(N)=S)C1. The van der Waals surface area contributed by atoms with E-state index in [2.05, 4.69) is 24.5 Å². The summed E-state index contributed by atoms with van der Waals surface area (Å²) < 4.78 is 0. The molecule has 0 aromatic heterocycles. The van der Waals surface area contributed by atoms with Crippen LogP contribution in [0.2, 0.25) is 5.02 Å². The van der Waals surface area contributed by atoms with Gasteiger partial charge in [-0.3, -0.25) is 4.79 Å². The molecule has 0 heterocycles. The van der Waals surface area contributed by atoms with E-state index in [4.69, 9.17) is 29.6 Å². The Morgan fingerprint density at radius 2 is 2.05 bits per heavy atom. The molecule has 1 aromatic rings. The second kappa shape index (κ2) is 6.03. The molecule has 0 amide bonds. The number of rotatable bonds is 3. The molecule has 2 rings (SSSR count). The molecule has 112 valence electrons. The topological polar surface area (TPSA) is 67.2 Å². The first-order valence-electron chi connectivity index (χ1n) is 6.62. The molecule has 0 unspecified atom stereocenters. The Morgan fingerprint density at radius 1 is 1.33 bits per heavy atom. The van der Waals surface area contributed by atoms with Crippen LogP contribution < -0.4 is 16.4 Å². The number of benzene rings is 1. The van der Waals surface area contributed by atoms with Gasteiger partial charge in [-0.25, -0.2) is 0 Å². The van der Waals surface area contributed by atoms with Gasteiger partial charge in [0.15, 0.2) is 10.9 Å². The average Bonchev–Trinajstić information content (AvgIpc) is 2.29.